The standard InChI is InChI=1S/C14H12N2O2S/c1-9-2-4-10(5-3-9)16-11-6-7-19-14(11)8-18-13(17)12(14)15-16/h2-7,11H,8H2,1H3/t11-,14+/m1/s1. The van der Waals surface area contributed by atoms with Gasteiger partial charge in [-0.3, -0.25) is 5.01 Å². The molecule has 4 nitrogen and oxygen atoms in total. The predicted molar refractivity (Wildman–Crippen MR) is 75.3 cm³/mol. The van der Waals surface area contributed by atoms with Crippen LogP contribution in [0, 0.1) is 6.92 Å². The number of hydrogen-bond donors (Lipinski definition) is 0. The average Bonchev–Trinajstić information content (AvgIpc) is 3.02. The number of ether oxygens (including phenoxy) is 1. The minimum absolute atomic E-state index is 0.0710. The molecule has 2 atom stereocenters. The second kappa shape index (κ2) is 3.63. The molecule has 1 fully saturated rings. The molecule has 3 aliphatic heterocycles. The molecule has 0 saturated carbocycles. The molecule has 1 saturated heterocycles. The van der Waals surface area contributed by atoms with Crippen molar-refractivity contribution in [1.82, 2.24) is 0 Å². The van der Waals surface area contributed by atoms with Gasteiger partial charge in [-0.1, -0.05) is 23.8 Å². The zero-order valence-electron chi connectivity index (χ0n) is 10.4. The summed E-state index contributed by atoms with van der Waals surface area (Å²) < 4.78 is 4.84. The first-order valence-electron chi connectivity index (χ1n) is 6.17. The molecule has 3 aliphatic rings. The van der Waals surface area contributed by atoms with Crippen LogP contribution in [0.25, 0.3) is 0 Å². The van der Waals surface area contributed by atoms with Gasteiger partial charge >= 0.3 is 5.97 Å². The first kappa shape index (κ1) is 11.1. The van der Waals surface area contributed by atoms with E-state index < -0.39 is 0 Å². The van der Waals surface area contributed by atoms with Crippen LogP contribution in [0.15, 0.2) is 40.9 Å². The van der Waals surface area contributed by atoms with Crippen molar-refractivity contribution in [1.29, 1.82) is 0 Å². The third-order valence-corrected chi connectivity index (χ3v) is 5.07. The lowest BCUT2D eigenvalue weighted by molar-refractivity contribution is -0.133. The van der Waals surface area contributed by atoms with Gasteiger partial charge < -0.3 is 4.74 Å². The molecular formula is C14H12N2O2S. The molecule has 96 valence electrons. The maximum absolute atomic E-state index is 11.8. The van der Waals surface area contributed by atoms with Gasteiger partial charge in [-0.25, -0.2) is 4.79 Å². The Morgan fingerprint density at radius 1 is 1.42 bits per heavy atom. The molecule has 0 radical (unpaired) electrons. The lowest BCUT2D eigenvalue weighted by Crippen LogP contribution is -2.44. The lowest BCUT2D eigenvalue weighted by atomic mass is 9.97. The van der Waals surface area contributed by atoms with E-state index in [9.17, 15) is 4.79 Å². The fraction of sp³-hybridized carbons (Fsp3) is 0.286. The van der Waals surface area contributed by atoms with Gasteiger partial charge in [0.1, 0.15) is 11.4 Å². The Hall–Kier alpha value is -1.75. The van der Waals surface area contributed by atoms with Gasteiger partial charge in [0.05, 0.1) is 11.7 Å². The molecule has 4 rings (SSSR count). The predicted octanol–water partition coefficient (Wildman–Crippen LogP) is 2.10. The fourth-order valence-electron chi connectivity index (χ4n) is 2.75. The number of nitrogens with zero attached hydrogens (tertiary/aromatic N) is 2. The van der Waals surface area contributed by atoms with Crippen molar-refractivity contribution in [3.8, 4) is 0 Å². The summed E-state index contributed by atoms with van der Waals surface area (Å²) in [5.74, 6) is -0.282. The highest BCUT2D eigenvalue weighted by molar-refractivity contribution is 8.04. The first-order valence-corrected chi connectivity index (χ1v) is 7.05. The molecule has 0 unspecified atom stereocenters. The van der Waals surface area contributed by atoms with Gasteiger partial charge in [0, 0.05) is 0 Å². The number of hydrogen-bond acceptors (Lipinski definition) is 5. The molecule has 5 heteroatoms. The smallest absolute Gasteiger partial charge is 0.356 e. The summed E-state index contributed by atoms with van der Waals surface area (Å²) in [4.78, 5) is 11.8. The Morgan fingerprint density at radius 3 is 3.00 bits per heavy atom. The molecule has 0 aromatic heterocycles. The van der Waals surface area contributed by atoms with Crippen molar-refractivity contribution in [2.24, 2.45) is 5.10 Å². The van der Waals surface area contributed by atoms with Crippen LogP contribution >= 0.6 is 11.8 Å². The number of benzene rings is 1. The number of aryl methyl sites for hydroxylation is 1. The molecular weight excluding hydrogens is 260 g/mol. The highest BCUT2D eigenvalue weighted by atomic mass is 32.2. The number of hydrazone groups is 1. The Labute approximate surface area is 115 Å². The molecule has 3 heterocycles. The van der Waals surface area contributed by atoms with Gasteiger partial charge in [0.2, 0.25) is 0 Å². The number of anilines is 1. The zero-order chi connectivity index (χ0) is 13.0. The summed E-state index contributed by atoms with van der Waals surface area (Å²) in [5.41, 5.74) is 2.77. The van der Waals surface area contributed by atoms with Crippen LogP contribution in [-0.4, -0.2) is 29.1 Å². The van der Waals surface area contributed by atoms with Crippen LogP contribution in [0.3, 0.4) is 0 Å². The van der Waals surface area contributed by atoms with E-state index in [0.29, 0.717) is 12.3 Å². The SMILES string of the molecule is Cc1ccc(N2N=C3C(=O)OC[C@@]34SC=C[C@@H]24)cc1. The largest absolute Gasteiger partial charge is 0.459 e. The molecule has 0 amide bonds. The molecule has 1 aromatic rings. The third-order valence-electron chi connectivity index (χ3n) is 3.80. The topological polar surface area (TPSA) is 41.9 Å². The van der Waals surface area contributed by atoms with Crippen LogP contribution in [-0.2, 0) is 9.53 Å². The summed E-state index contributed by atoms with van der Waals surface area (Å²) in [6.07, 6.45) is 2.10. The van der Waals surface area contributed by atoms with Crippen molar-refractivity contribution in [2.75, 3.05) is 11.6 Å². The van der Waals surface area contributed by atoms with Crippen molar-refractivity contribution < 1.29 is 9.53 Å². The number of rotatable bonds is 1. The highest BCUT2D eigenvalue weighted by Gasteiger charge is 2.60. The monoisotopic (exact) mass is 272 g/mol. The summed E-state index contributed by atoms with van der Waals surface area (Å²) in [5, 5.41) is 8.49. The number of esters is 1. The van der Waals surface area contributed by atoms with Crippen molar-refractivity contribution in [2.45, 2.75) is 17.7 Å². The van der Waals surface area contributed by atoms with E-state index in [2.05, 4.69) is 30.2 Å². The quantitative estimate of drug-likeness (QED) is 0.734. The first-order chi connectivity index (χ1) is 9.21. The Bertz CT molecular complexity index is 623. The second-order valence-corrected chi connectivity index (χ2v) is 6.22. The molecule has 1 spiro atoms. The van der Waals surface area contributed by atoms with Gasteiger partial charge in [-0.15, -0.1) is 11.8 Å². The zero-order valence-corrected chi connectivity index (χ0v) is 11.2. The summed E-state index contributed by atoms with van der Waals surface area (Å²) >= 11 is 1.64. The van der Waals surface area contributed by atoms with Crippen molar-refractivity contribution in [3.63, 3.8) is 0 Å². The van der Waals surface area contributed by atoms with Crippen molar-refractivity contribution in [3.05, 3.63) is 41.3 Å². The van der Waals surface area contributed by atoms with Crippen LogP contribution < -0.4 is 5.01 Å². The number of thioether (sulfide) groups is 1. The molecule has 0 bridgehead atoms. The van der Waals surface area contributed by atoms with Crippen LogP contribution in [0.2, 0.25) is 0 Å². The maximum Gasteiger partial charge on any atom is 0.356 e. The third kappa shape index (κ3) is 1.36. The normalized spacial score (nSPS) is 31.2. The minimum Gasteiger partial charge on any atom is -0.459 e. The Morgan fingerprint density at radius 2 is 2.21 bits per heavy atom. The molecule has 19 heavy (non-hydrogen) atoms. The van der Waals surface area contributed by atoms with E-state index in [1.807, 2.05) is 22.5 Å². The van der Waals surface area contributed by atoms with Crippen molar-refractivity contribution >= 4 is 29.1 Å². The summed E-state index contributed by atoms with van der Waals surface area (Å²) in [6, 6.07) is 8.26. The van der Waals surface area contributed by atoms with E-state index in [4.69, 9.17) is 4.74 Å². The molecule has 0 aliphatic carbocycles. The van der Waals surface area contributed by atoms with E-state index in [1.165, 1.54) is 5.56 Å². The van der Waals surface area contributed by atoms with Crippen LogP contribution in [0.5, 0.6) is 0 Å². The number of cyclic esters (lactones) is 1. The fourth-order valence-corrected chi connectivity index (χ4v) is 3.90. The maximum atomic E-state index is 11.8. The minimum atomic E-state index is -0.331. The van der Waals surface area contributed by atoms with E-state index in [1.54, 1.807) is 11.8 Å². The highest BCUT2D eigenvalue weighted by Crippen LogP contribution is 2.49. The van der Waals surface area contributed by atoms with Crippen LogP contribution in [0.4, 0.5) is 5.69 Å². The second-order valence-electron chi connectivity index (χ2n) is 4.99. The van der Waals surface area contributed by atoms with E-state index in [-0.39, 0.29) is 16.8 Å². The summed E-state index contributed by atoms with van der Waals surface area (Å²) in [6.45, 7) is 2.47. The Kier molecular flexibility index (Phi) is 2.12. The van der Waals surface area contributed by atoms with Gasteiger partial charge in [-0.05, 0) is 24.5 Å². The van der Waals surface area contributed by atoms with Gasteiger partial charge in [-0.2, -0.15) is 5.10 Å². The average molecular weight is 272 g/mol. The van der Waals surface area contributed by atoms with Gasteiger partial charge in [0.25, 0.3) is 0 Å². The van der Waals surface area contributed by atoms with Gasteiger partial charge in [0.15, 0.2) is 5.71 Å². The van der Waals surface area contributed by atoms with Crippen LogP contribution in [0.1, 0.15) is 5.56 Å². The lowest BCUT2D eigenvalue weighted by Gasteiger charge is -2.27. The number of carbonyl (C=O) groups is 1. The molecule has 0 N–H and O–H groups in total. The van der Waals surface area contributed by atoms with E-state index >= 15 is 0 Å². The molecule has 1 aromatic carbocycles. The number of carbonyl (C=O) groups excluding carboxylic acids is 1. The Balaban J connectivity index is 1.80. The summed E-state index contributed by atoms with van der Waals surface area (Å²) in [7, 11) is 0. The van der Waals surface area contributed by atoms with E-state index in [0.717, 1.165) is 5.69 Å².